The molecule has 0 aromatic carbocycles. The number of carbonyl (C=O) groups excluding carboxylic acids is 1. The van der Waals surface area contributed by atoms with Gasteiger partial charge in [0, 0.05) is 18.2 Å². The van der Waals surface area contributed by atoms with Crippen LogP contribution < -0.4 is 0 Å². The molecule has 14 heavy (non-hydrogen) atoms. The van der Waals surface area contributed by atoms with E-state index in [1.54, 1.807) is 0 Å². The molecular weight excluding hydrogens is 240 g/mol. The van der Waals surface area contributed by atoms with Gasteiger partial charge in [-0.3, -0.25) is 4.79 Å². The second kappa shape index (κ2) is 11.2. The molecule has 0 aliphatic heterocycles. The van der Waals surface area contributed by atoms with Gasteiger partial charge < -0.3 is 0 Å². The molecule has 0 rings (SSSR count). The van der Waals surface area contributed by atoms with Gasteiger partial charge in [-0.25, -0.2) is 0 Å². The number of Topliss-reactive ketones (excluding diaryl/α,β-unsaturated/α-hetero) is 1. The van der Waals surface area contributed by atoms with Gasteiger partial charge in [-0.1, -0.05) is 55.0 Å². The van der Waals surface area contributed by atoms with Crippen LogP contribution in [-0.2, 0) is 4.79 Å². The van der Waals surface area contributed by atoms with Crippen molar-refractivity contribution >= 4 is 21.7 Å². The highest BCUT2D eigenvalue weighted by atomic mass is 79.9. The van der Waals surface area contributed by atoms with E-state index in [2.05, 4.69) is 15.9 Å². The number of alkyl halides is 1. The minimum Gasteiger partial charge on any atom is -0.300 e. The molecule has 0 aliphatic rings. The SMILES string of the molecule is CCC(=O)CCCCCCCCCBr. The quantitative estimate of drug-likeness (QED) is 0.419. The average Bonchev–Trinajstić information content (AvgIpc) is 2.21. The lowest BCUT2D eigenvalue weighted by atomic mass is 10.1. The fourth-order valence-corrected chi connectivity index (χ4v) is 1.87. The monoisotopic (exact) mass is 262 g/mol. The Balaban J connectivity index is 2.95. The maximum atomic E-state index is 11.0. The lowest BCUT2D eigenvalue weighted by Gasteiger charge is -2.00. The Hall–Kier alpha value is 0.150. The van der Waals surface area contributed by atoms with Gasteiger partial charge in [0.15, 0.2) is 0 Å². The third-order valence-electron chi connectivity index (χ3n) is 2.48. The third kappa shape index (κ3) is 10.2. The maximum Gasteiger partial charge on any atom is 0.132 e. The summed E-state index contributed by atoms with van der Waals surface area (Å²) in [5.74, 6) is 0.421. The molecule has 0 saturated heterocycles. The summed E-state index contributed by atoms with van der Waals surface area (Å²) in [6.45, 7) is 1.95. The van der Waals surface area contributed by atoms with Crippen LogP contribution >= 0.6 is 15.9 Å². The molecule has 0 atom stereocenters. The number of ketones is 1. The Kier molecular flexibility index (Phi) is 11.3. The normalized spacial score (nSPS) is 10.4. The van der Waals surface area contributed by atoms with Crippen molar-refractivity contribution in [2.75, 3.05) is 5.33 Å². The molecule has 0 spiro atoms. The summed E-state index contributed by atoms with van der Waals surface area (Å²) in [6.07, 6.45) is 10.5. The van der Waals surface area contributed by atoms with E-state index >= 15 is 0 Å². The highest BCUT2D eigenvalue weighted by Gasteiger charge is 1.97. The van der Waals surface area contributed by atoms with Gasteiger partial charge in [0.2, 0.25) is 0 Å². The van der Waals surface area contributed by atoms with Crippen LogP contribution in [0.4, 0.5) is 0 Å². The zero-order valence-corrected chi connectivity index (χ0v) is 10.9. The molecule has 0 bridgehead atoms. The second-order valence-corrected chi connectivity index (χ2v) is 4.60. The van der Waals surface area contributed by atoms with Crippen LogP contribution in [0.1, 0.15) is 64.7 Å². The van der Waals surface area contributed by atoms with E-state index in [9.17, 15) is 4.79 Å². The van der Waals surface area contributed by atoms with Gasteiger partial charge in [-0.2, -0.15) is 0 Å². The highest BCUT2D eigenvalue weighted by Crippen LogP contribution is 2.09. The van der Waals surface area contributed by atoms with Crippen LogP contribution in [0.25, 0.3) is 0 Å². The minimum atomic E-state index is 0.421. The van der Waals surface area contributed by atoms with Gasteiger partial charge in [0.25, 0.3) is 0 Å². The lowest BCUT2D eigenvalue weighted by Crippen LogP contribution is -1.94. The zero-order valence-electron chi connectivity index (χ0n) is 9.36. The summed E-state index contributed by atoms with van der Waals surface area (Å²) in [5, 5.41) is 1.14. The third-order valence-corrected chi connectivity index (χ3v) is 3.04. The van der Waals surface area contributed by atoms with Crippen molar-refractivity contribution in [3.63, 3.8) is 0 Å². The highest BCUT2D eigenvalue weighted by molar-refractivity contribution is 9.09. The smallest absolute Gasteiger partial charge is 0.132 e. The van der Waals surface area contributed by atoms with Crippen molar-refractivity contribution < 1.29 is 4.79 Å². The van der Waals surface area contributed by atoms with Gasteiger partial charge in [0.05, 0.1) is 0 Å². The van der Waals surface area contributed by atoms with Gasteiger partial charge >= 0.3 is 0 Å². The summed E-state index contributed by atoms with van der Waals surface area (Å²) in [4.78, 5) is 11.0. The van der Waals surface area contributed by atoms with Gasteiger partial charge in [-0.15, -0.1) is 0 Å². The fraction of sp³-hybridized carbons (Fsp3) is 0.917. The first kappa shape index (κ1) is 14.2. The molecule has 0 radical (unpaired) electrons. The number of rotatable bonds is 10. The van der Waals surface area contributed by atoms with Crippen molar-refractivity contribution in [1.82, 2.24) is 0 Å². The van der Waals surface area contributed by atoms with Crippen molar-refractivity contribution in [2.24, 2.45) is 0 Å². The van der Waals surface area contributed by atoms with Crippen molar-refractivity contribution in [1.29, 1.82) is 0 Å². The Morgan fingerprint density at radius 3 is 1.93 bits per heavy atom. The molecule has 0 fully saturated rings. The Labute approximate surface area is 96.8 Å². The summed E-state index contributed by atoms with van der Waals surface area (Å²) < 4.78 is 0. The number of hydrogen-bond acceptors (Lipinski definition) is 1. The van der Waals surface area contributed by atoms with Gasteiger partial charge in [0.1, 0.15) is 5.78 Å². The van der Waals surface area contributed by atoms with Crippen LogP contribution in [0.15, 0.2) is 0 Å². The Morgan fingerprint density at radius 2 is 1.43 bits per heavy atom. The average molecular weight is 263 g/mol. The number of hydrogen-bond donors (Lipinski definition) is 0. The van der Waals surface area contributed by atoms with E-state index in [-0.39, 0.29) is 0 Å². The number of carbonyl (C=O) groups is 1. The molecule has 0 aromatic heterocycles. The second-order valence-electron chi connectivity index (χ2n) is 3.81. The molecule has 0 unspecified atom stereocenters. The Bertz CT molecular complexity index is 134. The molecular formula is C12H23BrO. The van der Waals surface area contributed by atoms with Crippen LogP contribution in [0.5, 0.6) is 0 Å². The predicted molar refractivity (Wildman–Crippen MR) is 66.0 cm³/mol. The fourth-order valence-electron chi connectivity index (χ4n) is 1.48. The van der Waals surface area contributed by atoms with Crippen LogP contribution in [0.3, 0.4) is 0 Å². The maximum absolute atomic E-state index is 11.0. The predicted octanol–water partition coefficient (Wildman–Crippen LogP) is 4.48. The van der Waals surface area contributed by atoms with Crippen molar-refractivity contribution in [3.8, 4) is 0 Å². The molecule has 84 valence electrons. The largest absolute Gasteiger partial charge is 0.300 e. The van der Waals surface area contributed by atoms with Gasteiger partial charge in [-0.05, 0) is 12.8 Å². The summed E-state index contributed by atoms with van der Waals surface area (Å²) in [7, 11) is 0. The minimum absolute atomic E-state index is 0.421. The molecule has 0 heterocycles. The molecule has 0 N–H and O–H groups in total. The first-order chi connectivity index (χ1) is 6.81. The van der Waals surface area contributed by atoms with E-state index in [1.807, 2.05) is 6.92 Å². The van der Waals surface area contributed by atoms with E-state index in [4.69, 9.17) is 0 Å². The van der Waals surface area contributed by atoms with Crippen LogP contribution in [-0.4, -0.2) is 11.1 Å². The lowest BCUT2D eigenvalue weighted by molar-refractivity contribution is -0.118. The first-order valence-corrected chi connectivity index (χ1v) is 7.01. The molecule has 0 aromatic rings. The zero-order chi connectivity index (χ0) is 10.6. The summed E-state index contributed by atoms with van der Waals surface area (Å²) in [6, 6.07) is 0. The molecule has 2 heteroatoms. The van der Waals surface area contributed by atoms with Crippen LogP contribution in [0.2, 0.25) is 0 Å². The molecule has 0 amide bonds. The standard InChI is InChI=1S/C12H23BrO/c1-2-12(14)10-8-6-4-3-5-7-9-11-13/h2-11H2,1H3. The number of unbranched alkanes of at least 4 members (excludes halogenated alkanes) is 6. The first-order valence-electron chi connectivity index (χ1n) is 5.89. The summed E-state index contributed by atoms with van der Waals surface area (Å²) >= 11 is 3.43. The Morgan fingerprint density at radius 1 is 0.929 bits per heavy atom. The van der Waals surface area contributed by atoms with Crippen molar-refractivity contribution in [2.45, 2.75) is 64.7 Å². The van der Waals surface area contributed by atoms with E-state index < -0.39 is 0 Å². The number of halogens is 1. The topological polar surface area (TPSA) is 17.1 Å². The molecule has 0 saturated carbocycles. The van der Waals surface area contributed by atoms with E-state index in [1.165, 1.54) is 38.5 Å². The van der Waals surface area contributed by atoms with E-state index in [0.29, 0.717) is 12.2 Å². The van der Waals surface area contributed by atoms with Crippen LogP contribution in [0, 0.1) is 0 Å². The summed E-state index contributed by atoms with van der Waals surface area (Å²) in [5.41, 5.74) is 0. The molecule has 1 nitrogen and oxygen atoms in total. The molecule has 0 aliphatic carbocycles. The van der Waals surface area contributed by atoms with E-state index in [0.717, 1.165) is 18.2 Å². The van der Waals surface area contributed by atoms with Crippen molar-refractivity contribution in [3.05, 3.63) is 0 Å².